The molecule has 5 heterocycles. The minimum Gasteiger partial charge on any atom is -0.347 e. The SMILES string of the molecule is Cn1cccc1C(=O)N1CC[C@]2(CCn3c2nn(Cc2cccs2)c(=O)c3=O)C1. The van der Waals surface area contributed by atoms with Crippen molar-refractivity contribution >= 4 is 17.2 Å². The van der Waals surface area contributed by atoms with Gasteiger partial charge in [-0.3, -0.25) is 19.0 Å². The first-order valence-corrected chi connectivity index (χ1v) is 10.5. The van der Waals surface area contributed by atoms with Crippen LogP contribution in [0.4, 0.5) is 0 Å². The van der Waals surface area contributed by atoms with E-state index in [1.165, 1.54) is 20.6 Å². The van der Waals surface area contributed by atoms with Gasteiger partial charge < -0.3 is 9.47 Å². The monoisotopic (exact) mass is 411 g/mol. The highest BCUT2D eigenvalue weighted by molar-refractivity contribution is 7.09. The van der Waals surface area contributed by atoms with Gasteiger partial charge in [0.1, 0.15) is 11.5 Å². The van der Waals surface area contributed by atoms with Gasteiger partial charge in [-0.25, -0.2) is 4.68 Å². The van der Waals surface area contributed by atoms with E-state index in [0.29, 0.717) is 44.1 Å². The zero-order valence-electron chi connectivity index (χ0n) is 16.1. The van der Waals surface area contributed by atoms with E-state index in [1.807, 2.05) is 52.4 Å². The van der Waals surface area contributed by atoms with Crippen molar-refractivity contribution < 1.29 is 4.79 Å². The zero-order chi connectivity index (χ0) is 20.2. The highest BCUT2D eigenvalue weighted by atomic mass is 32.1. The molecule has 29 heavy (non-hydrogen) atoms. The molecule has 0 N–H and O–H groups in total. The molecule has 0 saturated carbocycles. The molecule has 1 amide bonds. The Bertz CT molecular complexity index is 1210. The van der Waals surface area contributed by atoms with Crippen molar-refractivity contribution in [2.75, 3.05) is 13.1 Å². The predicted molar refractivity (Wildman–Crippen MR) is 108 cm³/mol. The second kappa shape index (κ2) is 6.55. The normalized spacial score (nSPS) is 20.5. The van der Waals surface area contributed by atoms with Crippen LogP contribution in [0.3, 0.4) is 0 Å². The fraction of sp³-hybridized carbons (Fsp3) is 0.400. The van der Waals surface area contributed by atoms with Gasteiger partial charge in [0.2, 0.25) is 0 Å². The molecule has 5 rings (SSSR count). The number of aryl methyl sites for hydroxylation is 1. The lowest BCUT2D eigenvalue weighted by Gasteiger charge is -2.23. The van der Waals surface area contributed by atoms with E-state index in [-0.39, 0.29) is 11.3 Å². The van der Waals surface area contributed by atoms with Crippen molar-refractivity contribution in [2.24, 2.45) is 7.05 Å². The Labute approximate surface area is 170 Å². The summed E-state index contributed by atoms with van der Waals surface area (Å²) in [6.07, 6.45) is 3.32. The maximum atomic E-state index is 12.9. The average molecular weight is 411 g/mol. The van der Waals surface area contributed by atoms with Crippen molar-refractivity contribution in [3.63, 3.8) is 0 Å². The molecule has 3 aromatic heterocycles. The molecule has 2 aliphatic rings. The minimum atomic E-state index is -0.589. The first-order valence-electron chi connectivity index (χ1n) is 9.64. The summed E-state index contributed by atoms with van der Waals surface area (Å²) >= 11 is 1.53. The number of hydrogen-bond donors (Lipinski definition) is 0. The number of likely N-dealkylation sites (tertiary alicyclic amines) is 1. The lowest BCUT2D eigenvalue weighted by atomic mass is 9.85. The Morgan fingerprint density at radius 3 is 2.72 bits per heavy atom. The molecule has 150 valence electrons. The maximum absolute atomic E-state index is 12.9. The summed E-state index contributed by atoms with van der Waals surface area (Å²) in [5, 5.41) is 6.57. The molecule has 1 saturated heterocycles. The topological polar surface area (TPSA) is 82.1 Å². The molecule has 0 unspecified atom stereocenters. The highest BCUT2D eigenvalue weighted by Gasteiger charge is 2.48. The average Bonchev–Trinajstić information content (AvgIpc) is 3.49. The van der Waals surface area contributed by atoms with Gasteiger partial charge in [0.05, 0.1) is 12.0 Å². The molecule has 0 aromatic carbocycles. The summed E-state index contributed by atoms with van der Waals surface area (Å²) in [4.78, 5) is 41.0. The van der Waals surface area contributed by atoms with Crippen molar-refractivity contribution in [3.8, 4) is 0 Å². The Hall–Kier alpha value is -2.94. The van der Waals surface area contributed by atoms with Crippen molar-refractivity contribution in [2.45, 2.75) is 31.3 Å². The Balaban J connectivity index is 1.50. The van der Waals surface area contributed by atoms with Gasteiger partial charge in [-0.2, -0.15) is 5.10 Å². The minimum absolute atomic E-state index is 0.0120. The summed E-state index contributed by atoms with van der Waals surface area (Å²) in [5.41, 5.74) is -0.831. The Morgan fingerprint density at radius 1 is 1.17 bits per heavy atom. The number of aromatic nitrogens is 4. The fourth-order valence-corrected chi connectivity index (χ4v) is 5.19. The van der Waals surface area contributed by atoms with E-state index in [4.69, 9.17) is 0 Å². The molecule has 0 bridgehead atoms. The van der Waals surface area contributed by atoms with Crippen LogP contribution in [-0.2, 0) is 25.6 Å². The van der Waals surface area contributed by atoms with Crippen LogP contribution in [0.25, 0.3) is 0 Å². The molecule has 1 spiro atoms. The van der Waals surface area contributed by atoms with Gasteiger partial charge in [0.25, 0.3) is 5.91 Å². The van der Waals surface area contributed by atoms with Crippen LogP contribution in [0.15, 0.2) is 45.4 Å². The summed E-state index contributed by atoms with van der Waals surface area (Å²) in [5.74, 6) is 0.628. The first-order chi connectivity index (χ1) is 14.0. The number of nitrogens with zero attached hydrogens (tertiary/aromatic N) is 5. The summed E-state index contributed by atoms with van der Waals surface area (Å²) < 4.78 is 4.62. The van der Waals surface area contributed by atoms with Gasteiger partial charge in [-0.15, -0.1) is 11.3 Å². The van der Waals surface area contributed by atoms with E-state index in [2.05, 4.69) is 5.10 Å². The second-order valence-corrected chi connectivity index (χ2v) is 8.87. The third-order valence-electron chi connectivity index (χ3n) is 6.11. The fourth-order valence-electron chi connectivity index (χ4n) is 4.51. The van der Waals surface area contributed by atoms with E-state index in [1.54, 1.807) is 0 Å². The smallest absolute Gasteiger partial charge is 0.332 e. The van der Waals surface area contributed by atoms with Crippen molar-refractivity contribution in [3.05, 3.63) is 72.9 Å². The van der Waals surface area contributed by atoms with Gasteiger partial charge in [-0.1, -0.05) is 6.07 Å². The van der Waals surface area contributed by atoms with Crippen LogP contribution in [0.1, 0.15) is 34.0 Å². The standard InChI is InChI=1S/C20H21N5O3S/c1-22-8-2-5-15(22)16(26)23-9-6-20(13-23)7-10-24-17(27)18(28)25(21-19(20)24)12-14-4-3-11-29-14/h2-5,8,11H,6-7,9-10,12-13H2,1H3/t20-/m0/s1. The van der Waals surface area contributed by atoms with E-state index < -0.39 is 11.1 Å². The lowest BCUT2D eigenvalue weighted by Crippen LogP contribution is -2.45. The van der Waals surface area contributed by atoms with Crippen molar-refractivity contribution in [1.29, 1.82) is 0 Å². The molecule has 0 radical (unpaired) electrons. The van der Waals surface area contributed by atoms with Crippen LogP contribution in [0.2, 0.25) is 0 Å². The van der Waals surface area contributed by atoms with Crippen LogP contribution in [-0.4, -0.2) is 42.8 Å². The third kappa shape index (κ3) is 2.79. The molecule has 8 nitrogen and oxygen atoms in total. The Kier molecular flexibility index (Phi) is 4.09. The second-order valence-electron chi connectivity index (χ2n) is 7.83. The predicted octanol–water partition coefficient (Wildman–Crippen LogP) is 1.04. The van der Waals surface area contributed by atoms with Crippen LogP contribution in [0, 0.1) is 0 Å². The number of hydrogen-bond acceptors (Lipinski definition) is 5. The molecular formula is C20H21N5O3S. The molecule has 2 aliphatic heterocycles. The molecule has 1 atom stereocenters. The van der Waals surface area contributed by atoms with E-state index in [0.717, 1.165) is 11.3 Å². The zero-order valence-corrected chi connectivity index (χ0v) is 16.9. The van der Waals surface area contributed by atoms with Crippen LogP contribution < -0.4 is 11.1 Å². The lowest BCUT2D eigenvalue weighted by molar-refractivity contribution is 0.0773. The van der Waals surface area contributed by atoms with Crippen LogP contribution in [0.5, 0.6) is 0 Å². The summed E-state index contributed by atoms with van der Waals surface area (Å²) in [7, 11) is 1.86. The van der Waals surface area contributed by atoms with E-state index in [9.17, 15) is 14.4 Å². The van der Waals surface area contributed by atoms with Crippen LogP contribution >= 0.6 is 11.3 Å². The number of fused-ring (bicyclic) bond motifs is 2. The summed E-state index contributed by atoms with van der Waals surface area (Å²) in [6.45, 7) is 1.90. The van der Waals surface area contributed by atoms with Crippen molar-refractivity contribution in [1.82, 2.24) is 23.8 Å². The Morgan fingerprint density at radius 2 is 2.00 bits per heavy atom. The summed E-state index contributed by atoms with van der Waals surface area (Å²) in [6, 6.07) is 7.51. The molecule has 0 aliphatic carbocycles. The highest BCUT2D eigenvalue weighted by Crippen LogP contribution is 2.40. The van der Waals surface area contributed by atoms with Gasteiger partial charge in [-0.05, 0) is 36.4 Å². The first kappa shape index (κ1) is 18.1. The number of carbonyl (C=O) groups is 1. The van der Waals surface area contributed by atoms with Gasteiger partial charge in [0, 0.05) is 37.8 Å². The maximum Gasteiger partial charge on any atom is 0.332 e. The molecule has 3 aromatic rings. The number of amides is 1. The van der Waals surface area contributed by atoms with Gasteiger partial charge >= 0.3 is 11.1 Å². The quantitative estimate of drug-likeness (QED) is 0.603. The molecule has 1 fully saturated rings. The van der Waals surface area contributed by atoms with Gasteiger partial charge in [0.15, 0.2) is 0 Å². The third-order valence-corrected chi connectivity index (χ3v) is 6.97. The number of rotatable bonds is 3. The number of thiophene rings is 1. The van der Waals surface area contributed by atoms with E-state index >= 15 is 0 Å². The molecule has 9 heteroatoms. The molecular weight excluding hydrogens is 390 g/mol. The number of carbonyl (C=O) groups excluding carboxylic acids is 1. The largest absolute Gasteiger partial charge is 0.347 e.